The number of hydrogen-bond acceptors (Lipinski definition) is 6. The standard InChI is InChI=1S/C15H26N4O2/c1-4-5-16-13-8-14(18-15(17-13)11(2)3)19-6-7-21-10-12(19)9-20/h8,11-12,20H,4-7,9-10H2,1-3H3,(H,16,17,18). The van der Waals surface area contributed by atoms with Gasteiger partial charge in [0.05, 0.1) is 25.9 Å². The zero-order chi connectivity index (χ0) is 15.2. The van der Waals surface area contributed by atoms with Gasteiger partial charge in [-0.1, -0.05) is 20.8 Å². The Bertz CT molecular complexity index is 453. The number of anilines is 2. The maximum absolute atomic E-state index is 9.53. The fourth-order valence-electron chi connectivity index (χ4n) is 2.31. The first kappa shape index (κ1) is 16.0. The third-order valence-electron chi connectivity index (χ3n) is 3.53. The second-order valence-electron chi connectivity index (χ2n) is 5.66. The Hall–Kier alpha value is -1.40. The molecule has 2 heterocycles. The van der Waals surface area contributed by atoms with Gasteiger partial charge in [-0.05, 0) is 6.42 Å². The molecule has 118 valence electrons. The first-order valence-electron chi connectivity index (χ1n) is 7.73. The molecular weight excluding hydrogens is 268 g/mol. The molecule has 0 aromatic carbocycles. The highest BCUT2D eigenvalue weighted by Gasteiger charge is 2.24. The predicted molar refractivity (Wildman–Crippen MR) is 83.9 cm³/mol. The van der Waals surface area contributed by atoms with Crippen molar-refractivity contribution in [3.8, 4) is 0 Å². The van der Waals surface area contributed by atoms with Gasteiger partial charge in [-0.25, -0.2) is 9.97 Å². The van der Waals surface area contributed by atoms with Crippen LogP contribution in [0.15, 0.2) is 6.07 Å². The number of morpholine rings is 1. The summed E-state index contributed by atoms with van der Waals surface area (Å²) >= 11 is 0. The van der Waals surface area contributed by atoms with Gasteiger partial charge in [-0.15, -0.1) is 0 Å². The van der Waals surface area contributed by atoms with E-state index in [1.165, 1.54) is 0 Å². The Balaban J connectivity index is 2.29. The molecule has 0 amide bonds. The van der Waals surface area contributed by atoms with Crippen molar-refractivity contribution in [2.24, 2.45) is 0 Å². The Labute approximate surface area is 126 Å². The van der Waals surface area contributed by atoms with E-state index in [9.17, 15) is 5.11 Å². The van der Waals surface area contributed by atoms with Gasteiger partial charge in [0.15, 0.2) is 0 Å². The Morgan fingerprint density at radius 2 is 2.29 bits per heavy atom. The van der Waals surface area contributed by atoms with Gasteiger partial charge in [0.2, 0.25) is 0 Å². The lowest BCUT2D eigenvalue weighted by atomic mass is 10.2. The third kappa shape index (κ3) is 4.04. The van der Waals surface area contributed by atoms with Crippen molar-refractivity contribution >= 4 is 11.6 Å². The smallest absolute Gasteiger partial charge is 0.135 e. The normalized spacial score (nSPS) is 19.1. The number of aromatic nitrogens is 2. The lowest BCUT2D eigenvalue weighted by Crippen LogP contribution is -2.48. The molecule has 6 nitrogen and oxygen atoms in total. The van der Waals surface area contributed by atoms with Crippen LogP contribution >= 0.6 is 0 Å². The molecule has 0 radical (unpaired) electrons. The number of ether oxygens (including phenoxy) is 1. The fraction of sp³-hybridized carbons (Fsp3) is 0.733. The van der Waals surface area contributed by atoms with Crippen molar-refractivity contribution in [1.29, 1.82) is 0 Å². The minimum absolute atomic E-state index is 0.0345. The zero-order valence-electron chi connectivity index (χ0n) is 13.2. The van der Waals surface area contributed by atoms with Crippen LogP contribution in [-0.4, -0.2) is 54.0 Å². The topological polar surface area (TPSA) is 70.5 Å². The van der Waals surface area contributed by atoms with Gasteiger partial charge in [0.1, 0.15) is 17.5 Å². The molecule has 0 saturated carbocycles. The maximum atomic E-state index is 9.53. The summed E-state index contributed by atoms with van der Waals surface area (Å²) in [7, 11) is 0. The van der Waals surface area contributed by atoms with E-state index in [4.69, 9.17) is 4.74 Å². The summed E-state index contributed by atoms with van der Waals surface area (Å²) in [6.07, 6.45) is 1.05. The summed E-state index contributed by atoms with van der Waals surface area (Å²) in [4.78, 5) is 11.4. The molecule has 1 saturated heterocycles. The number of nitrogens with one attached hydrogen (secondary N) is 1. The largest absolute Gasteiger partial charge is 0.394 e. The minimum Gasteiger partial charge on any atom is -0.394 e. The van der Waals surface area contributed by atoms with Crippen LogP contribution in [0, 0.1) is 0 Å². The van der Waals surface area contributed by atoms with Crippen LogP contribution in [0.5, 0.6) is 0 Å². The molecule has 0 spiro atoms. The molecule has 1 aromatic heterocycles. The summed E-state index contributed by atoms with van der Waals surface area (Å²) in [5.41, 5.74) is 0. The van der Waals surface area contributed by atoms with Crippen molar-refractivity contribution in [1.82, 2.24) is 9.97 Å². The van der Waals surface area contributed by atoms with Crippen LogP contribution in [0.1, 0.15) is 38.9 Å². The SMILES string of the molecule is CCCNc1cc(N2CCOCC2CO)nc(C(C)C)n1. The summed E-state index contributed by atoms with van der Waals surface area (Å²) in [5, 5.41) is 12.9. The second-order valence-corrected chi connectivity index (χ2v) is 5.66. The number of aliphatic hydroxyl groups is 1. The molecule has 6 heteroatoms. The number of nitrogens with zero attached hydrogens (tertiary/aromatic N) is 3. The van der Waals surface area contributed by atoms with E-state index in [1.54, 1.807) is 0 Å². The molecule has 0 bridgehead atoms. The molecule has 2 N–H and O–H groups in total. The molecule has 1 atom stereocenters. The Morgan fingerprint density at radius 3 is 2.95 bits per heavy atom. The lowest BCUT2D eigenvalue weighted by Gasteiger charge is -2.35. The maximum Gasteiger partial charge on any atom is 0.135 e. The van der Waals surface area contributed by atoms with Gasteiger partial charge >= 0.3 is 0 Å². The third-order valence-corrected chi connectivity index (χ3v) is 3.53. The quantitative estimate of drug-likeness (QED) is 0.831. The van der Waals surface area contributed by atoms with Crippen LogP contribution in [0.3, 0.4) is 0 Å². The lowest BCUT2D eigenvalue weighted by molar-refractivity contribution is 0.0722. The van der Waals surface area contributed by atoms with Crippen LogP contribution in [0.25, 0.3) is 0 Å². The molecule has 2 rings (SSSR count). The number of hydrogen-bond donors (Lipinski definition) is 2. The highest BCUT2D eigenvalue weighted by molar-refractivity contribution is 5.50. The molecule has 21 heavy (non-hydrogen) atoms. The summed E-state index contributed by atoms with van der Waals surface area (Å²) < 4.78 is 5.44. The van der Waals surface area contributed by atoms with Crippen LogP contribution in [-0.2, 0) is 4.74 Å². The van der Waals surface area contributed by atoms with E-state index in [0.29, 0.717) is 13.2 Å². The van der Waals surface area contributed by atoms with Gasteiger partial charge < -0.3 is 20.1 Å². The fourth-order valence-corrected chi connectivity index (χ4v) is 2.31. The summed E-state index contributed by atoms with van der Waals surface area (Å²) in [6, 6.07) is 1.93. The molecule has 1 fully saturated rings. The van der Waals surface area contributed by atoms with Gasteiger partial charge in [0.25, 0.3) is 0 Å². The highest BCUT2D eigenvalue weighted by atomic mass is 16.5. The van der Waals surface area contributed by atoms with Crippen molar-refractivity contribution in [3.05, 3.63) is 11.9 Å². The Morgan fingerprint density at radius 1 is 1.48 bits per heavy atom. The first-order chi connectivity index (χ1) is 10.2. The van der Waals surface area contributed by atoms with E-state index in [1.807, 2.05) is 6.07 Å². The monoisotopic (exact) mass is 294 g/mol. The van der Waals surface area contributed by atoms with E-state index >= 15 is 0 Å². The molecule has 1 unspecified atom stereocenters. The first-order valence-corrected chi connectivity index (χ1v) is 7.73. The number of rotatable bonds is 6. The van der Waals surface area contributed by atoms with Crippen molar-refractivity contribution in [2.75, 3.05) is 43.1 Å². The highest BCUT2D eigenvalue weighted by Crippen LogP contribution is 2.23. The molecule has 1 aliphatic rings. The molecule has 1 aromatic rings. The van der Waals surface area contributed by atoms with Crippen molar-refractivity contribution < 1.29 is 9.84 Å². The van der Waals surface area contributed by atoms with Crippen molar-refractivity contribution in [3.63, 3.8) is 0 Å². The van der Waals surface area contributed by atoms with Crippen LogP contribution in [0.2, 0.25) is 0 Å². The number of aliphatic hydroxyl groups excluding tert-OH is 1. The van der Waals surface area contributed by atoms with E-state index in [0.717, 1.165) is 37.0 Å². The Kier molecular flexibility index (Phi) is 5.76. The second kappa shape index (κ2) is 7.56. The molecule has 1 aliphatic heterocycles. The predicted octanol–water partition coefficient (Wildman–Crippen LogP) is 1.62. The van der Waals surface area contributed by atoms with E-state index < -0.39 is 0 Å². The van der Waals surface area contributed by atoms with Crippen molar-refractivity contribution in [2.45, 2.75) is 39.2 Å². The van der Waals surface area contributed by atoms with Crippen LogP contribution < -0.4 is 10.2 Å². The molecular formula is C15H26N4O2. The van der Waals surface area contributed by atoms with Gasteiger partial charge in [-0.2, -0.15) is 0 Å². The van der Waals surface area contributed by atoms with Gasteiger partial charge in [-0.3, -0.25) is 0 Å². The van der Waals surface area contributed by atoms with Gasteiger partial charge in [0, 0.05) is 25.1 Å². The summed E-state index contributed by atoms with van der Waals surface area (Å²) in [6.45, 7) is 9.20. The molecule has 0 aliphatic carbocycles. The average molecular weight is 294 g/mol. The summed E-state index contributed by atoms with van der Waals surface area (Å²) in [5.74, 6) is 2.82. The van der Waals surface area contributed by atoms with E-state index in [-0.39, 0.29) is 18.6 Å². The van der Waals surface area contributed by atoms with E-state index in [2.05, 4.69) is 41.0 Å². The minimum atomic E-state index is -0.0345. The average Bonchev–Trinajstić information content (AvgIpc) is 2.52. The zero-order valence-corrected chi connectivity index (χ0v) is 13.2. The van der Waals surface area contributed by atoms with Crippen LogP contribution in [0.4, 0.5) is 11.6 Å².